The van der Waals surface area contributed by atoms with Crippen LogP contribution in [0.3, 0.4) is 0 Å². The molecule has 2 atom stereocenters. The van der Waals surface area contributed by atoms with Gasteiger partial charge >= 0.3 is 12.3 Å². The van der Waals surface area contributed by atoms with Crippen molar-refractivity contribution < 1.29 is 32.6 Å². The molecule has 0 unspecified atom stereocenters. The molecule has 2 N–H and O–H groups in total. The number of nitrogens with zero attached hydrogens (tertiary/aromatic N) is 4. The summed E-state index contributed by atoms with van der Waals surface area (Å²) in [6.07, 6.45) is -4.98. The van der Waals surface area contributed by atoms with Gasteiger partial charge in [0.25, 0.3) is 0 Å². The van der Waals surface area contributed by atoms with Gasteiger partial charge in [-0.25, -0.2) is 14.3 Å². The molecule has 0 spiro atoms. The summed E-state index contributed by atoms with van der Waals surface area (Å²) in [5, 5.41) is 16.1. The quantitative estimate of drug-likeness (QED) is 0.549. The Morgan fingerprint density at radius 3 is 2.69 bits per heavy atom. The molecule has 2 aromatic heterocycles. The number of benzene rings is 1. The van der Waals surface area contributed by atoms with E-state index in [1.54, 1.807) is 24.3 Å². The SMILES string of the molecule is Cc1cc(C(F)(F)F)n2nc([C@@H]3CCN(C(=O)[C@H](CO)NC(=O)OCc4ccccc4)C3)cc2n1. The van der Waals surface area contributed by atoms with Gasteiger partial charge in [-0.1, -0.05) is 30.3 Å². The predicted octanol–water partition coefficient (Wildman–Crippen LogP) is 2.66. The van der Waals surface area contributed by atoms with Crippen LogP contribution in [0, 0.1) is 6.92 Å². The Labute approximate surface area is 198 Å². The third-order valence-electron chi connectivity index (χ3n) is 5.77. The molecular formula is C23H24F3N5O4. The minimum absolute atomic E-state index is 0.00606. The number of amides is 2. The van der Waals surface area contributed by atoms with Crippen molar-refractivity contribution in [2.75, 3.05) is 19.7 Å². The zero-order chi connectivity index (χ0) is 25.2. The number of aromatic nitrogens is 3. The fourth-order valence-corrected chi connectivity index (χ4v) is 4.03. The van der Waals surface area contributed by atoms with Crippen LogP contribution in [0.15, 0.2) is 42.5 Å². The van der Waals surface area contributed by atoms with Crippen LogP contribution in [0.2, 0.25) is 0 Å². The summed E-state index contributed by atoms with van der Waals surface area (Å²) in [6.45, 7) is 1.33. The first-order valence-corrected chi connectivity index (χ1v) is 11.0. The molecule has 3 aromatic rings. The highest BCUT2D eigenvalue weighted by atomic mass is 19.4. The van der Waals surface area contributed by atoms with Gasteiger partial charge in [0.2, 0.25) is 5.91 Å². The maximum Gasteiger partial charge on any atom is 0.433 e. The normalized spacial score (nSPS) is 16.9. The zero-order valence-corrected chi connectivity index (χ0v) is 18.8. The van der Waals surface area contributed by atoms with Gasteiger partial charge in [0.15, 0.2) is 5.65 Å². The fraction of sp³-hybridized carbons (Fsp3) is 0.391. The third kappa shape index (κ3) is 5.53. The molecule has 35 heavy (non-hydrogen) atoms. The second kappa shape index (κ2) is 9.90. The number of aliphatic hydroxyl groups is 1. The van der Waals surface area contributed by atoms with Gasteiger partial charge in [-0.05, 0) is 25.0 Å². The lowest BCUT2D eigenvalue weighted by atomic mass is 10.1. The largest absolute Gasteiger partial charge is 0.445 e. The summed E-state index contributed by atoms with van der Waals surface area (Å²) in [4.78, 5) is 30.6. The van der Waals surface area contributed by atoms with Crippen molar-refractivity contribution in [2.45, 2.75) is 38.1 Å². The van der Waals surface area contributed by atoms with Crippen LogP contribution >= 0.6 is 0 Å². The molecule has 3 heterocycles. The maximum atomic E-state index is 13.4. The van der Waals surface area contributed by atoms with Gasteiger partial charge in [-0.2, -0.15) is 18.3 Å². The van der Waals surface area contributed by atoms with Crippen LogP contribution in [0.5, 0.6) is 0 Å². The van der Waals surface area contributed by atoms with Crippen molar-refractivity contribution >= 4 is 17.6 Å². The van der Waals surface area contributed by atoms with Crippen LogP contribution in [0.25, 0.3) is 5.65 Å². The van der Waals surface area contributed by atoms with Crippen molar-refractivity contribution in [1.82, 2.24) is 24.8 Å². The van der Waals surface area contributed by atoms with Gasteiger partial charge in [-0.15, -0.1) is 0 Å². The molecule has 12 heteroatoms. The number of carbonyl (C=O) groups excluding carboxylic acids is 2. The smallest absolute Gasteiger partial charge is 0.433 e. The van der Waals surface area contributed by atoms with Crippen molar-refractivity contribution in [3.63, 3.8) is 0 Å². The van der Waals surface area contributed by atoms with E-state index in [1.165, 1.54) is 17.9 Å². The Morgan fingerprint density at radius 1 is 1.26 bits per heavy atom. The lowest BCUT2D eigenvalue weighted by Crippen LogP contribution is -2.50. The fourth-order valence-electron chi connectivity index (χ4n) is 4.03. The first-order chi connectivity index (χ1) is 16.7. The number of halogens is 3. The van der Waals surface area contributed by atoms with E-state index in [-0.39, 0.29) is 30.4 Å². The lowest BCUT2D eigenvalue weighted by Gasteiger charge is -2.22. The molecule has 0 bridgehead atoms. The Morgan fingerprint density at radius 2 is 2.00 bits per heavy atom. The number of fused-ring (bicyclic) bond motifs is 1. The molecule has 1 saturated heterocycles. The van der Waals surface area contributed by atoms with Crippen molar-refractivity contribution in [2.24, 2.45) is 0 Å². The number of hydrogen-bond donors (Lipinski definition) is 2. The van der Waals surface area contributed by atoms with Crippen molar-refractivity contribution in [3.05, 3.63) is 65.1 Å². The van der Waals surface area contributed by atoms with Crippen molar-refractivity contribution in [1.29, 1.82) is 0 Å². The first-order valence-electron chi connectivity index (χ1n) is 11.0. The third-order valence-corrected chi connectivity index (χ3v) is 5.77. The molecule has 0 aliphatic carbocycles. The molecule has 0 saturated carbocycles. The van der Waals surface area contributed by atoms with E-state index in [1.807, 2.05) is 6.07 Å². The molecular weight excluding hydrogens is 467 g/mol. The molecule has 1 fully saturated rings. The summed E-state index contributed by atoms with van der Waals surface area (Å²) in [5.41, 5.74) is 0.529. The number of rotatable bonds is 6. The molecule has 186 valence electrons. The average molecular weight is 491 g/mol. The Bertz CT molecular complexity index is 1220. The predicted molar refractivity (Wildman–Crippen MR) is 117 cm³/mol. The summed E-state index contributed by atoms with van der Waals surface area (Å²) in [6, 6.07) is 10.2. The van der Waals surface area contributed by atoms with Crippen LogP contribution in [0.1, 0.15) is 35.0 Å². The monoisotopic (exact) mass is 491 g/mol. The Hall–Kier alpha value is -3.67. The number of ether oxygens (including phenoxy) is 1. The minimum Gasteiger partial charge on any atom is -0.445 e. The Balaban J connectivity index is 1.40. The number of aryl methyl sites for hydroxylation is 1. The van der Waals surface area contributed by atoms with Gasteiger partial charge in [0.05, 0.1) is 12.3 Å². The second-order valence-electron chi connectivity index (χ2n) is 8.33. The van der Waals surface area contributed by atoms with E-state index in [4.69, 9.17) is 4.74 Å². The summed E-state index contributed by atoms with van der Waals surface area (Å²) >= 11 is 0. The number of alkyl halides is 3. The van der Waals surface area contributed by atoms with E-state index in [0.29, 0.717) is 18.7 Å². The topological polar surface area (TPSA) is 109 Å². The number of nitrogens with one attached hydrogen (secondary N) is 1. The molecule has 0 radical (unpaired) electrons. The molecule has 1 aliphatic rings. The highest BCUT2D eigenvalue weighted by molar-refractivity contribution is 5.86. The second-order valence-corrected chi connectivity index (χ2v) is 8.33. The van der Waals surface area contributed by atoms with E-state index >= 15 is 0 Å². The molecule has 4 rings (SSSR count). The average Bonchev–Trinajstić information content (AvgIpc) is 3.47. The number of hydrogen-bond acceptors (Lipinski definition) is 6. The minimum atomic E-state index is -4.60. The lowest BCUT2D eigenvalue weighted by molar-refractivity contribution is -0.142. The molecule has 9 nitrogen and oxygen atoms in total. The van der Waals surface area contributed by atoms with Crippen LogP contribution in [0.4, 0.5) is 18.0 Å². The van der Waals surface area contributed by atoms with E-state index < -0.39 is 36.5 Å². The van der Waals surface area contributed by atoms with Gasteiger partial charge in [0.1, 0.15) is 18.3 Å². The standard InChI is InChI=1S/C23H24F3N5O4/c1-14-9-19(23(24,25)26)31-20(27-14)10-17(29-31)16-7-8-30(11-16)21(33)18(12-32)28-22(34)35-13-15-5-3-2-4-6-15/h2-6,9-10,16,18,32H,7-8,11-13H2,1H3,(H,28,34)/t16-,18+/m1/s1. The highest BCUT2D eigenvalue weighted by Crippen LogP contribution is 2.32. The van der Waals surface area contributed by atoms with Crippen LogP contribution in [-0.2, 0) is 22.3 Å². The van der Waals surface area contributed by atoms with E-state index in [9.17, 15) is 27.9 Å². The summed E-state index contributed by atoms with van der Waals surface area (Å²) in [7, 11) is 0. The van der Waals surface area contributed by atoms with Crippen LogP contribution < -0.4 is 5.32 Å². The van der Waals surface area contributed by atoms with Gasteiger partial charge < -0.3 is 20.1 Å². The molecule has 1 aliphatic heterocycles. The summed E-state index contributed by atoms with van der Waals surface area (Å²) < 4.78 is 46.2. The molecule has 1 aromatic carbocycles. The number of alkyl carbamates (subject to hydrolysis) is 1. The van der Waals surface area contributed by atoms with E-state index in [2.05, 4.69) is 15.4 Å². The zero-order valence-electron chi connectivity index (χ0n) is 18.8. The number of aliphatic hydroxyl groups excluding tert-OH is 1. The molecule has 2 amide bonds. The first kappa shape index (κ1) is 24.5. The number of carbonyl (C=O) groups is 2. The Kier molecular flexibility index (Phi) is 6.92. The maximum absolute atomic E-state index is 13.4. The van der Waals surface area contributed by atoms with Crippen LogP contribution in [-0.4, -0.2) is 62.3 Å². The van der Waals surface area contributed by atoms with E-state index in [0.717, 1.165) is 16.1 Å². The van der Waals surface area contributed by atoms with Crippen molar-refractivity contribution in [3.8, 4) is 0 Å². The van der Waals surface area contributed by atoms with Gasteiger partial charge in [-0.3, -0.25) is 4.79 Å². The summed E-state index contributed by atoms with van der Waals surface area (Å²) in [5.74, 6) is -0.827. The highest BCUT2D eigenvalue weighted by Gasteiger charge is 2.37. The van der Waals surface area contributed by atoms with Gasteiger partial charge in [0, 0.05) is 30.8 Å². The number of likely N-dealkylation sites (tertiary alicyclic amines) is 1.